The van der Waals surface area contributed by atoms with Gasteiger partial charge in [-0.3, -0.25) is 4.98 Å². The van der Waals surface area contributed by atoms with Crippen LogP contribution in [-0.2, 0) is 11.2 Å². The molecule has 76 valence electrons. The fourth-order valence-corrected chi connectivity index (χ4v) is 1.31. The van der Waals surface area contributed by atoms with Crippen LogP contribution in [0.4, 0.5) is 0 Å². The zero-order chi connectivity index (χ0) is 9.97. The predicted molar refractivity (Wildman–Crippen MR) is 53.6 cm³/mol. The van der Waals surface area contributed by atoms with E-state index in [9.17, 15) is 0 Å². The summed E-state index contributed by atoms with van der Waals surface area (Å²) in [6.45, 7) is 5.59. The highest BCUT2D eigenvalue weighted by molar-refractivity contribution is 5.31. The van der Waals surface area contributed by atoms with E-state index in [2.05, 4.69) is 11.9 Å². The molecule has 0 amide bonds. The average molecular weight is 193 g/mol. The highest BCUT2D eigenvalue weighted by Crippen LogP contribution is 2.20. The molecule has 1 aliphatic heterocycles. The van der Waals surface area contributed by atoms with Crippen LogP contribution in [-0.4, -0.2) is 24.3 Å². The first-order valence-corrected chi connectivity index (χ1v) is 4.99. The SMILES string of the molecule is CCc1ncc(C)cc1OC[C@@H]1CO1. The quantitative estimate of drug-likeness (QED) is 0.683. The summed E-state index contributed by atoms with van der Waals surface area (Å²) in [7, 11) is 0. The van der Waals surface area contributed by atoms with Crippen LogP contribution in [0.15, 0.2) is 12.3 Å². The molecule has 1 aromatic rings. The standard InChI is InChI=1S/C11H15NO2/c1-3-10-11(4-8(2)5-12-10)14-7-9-6-13-9/h4-5,9H,3,6-7H2,1-2H3/t9-/m0/s1. The van der Waals surface area contributed by atoms with Crippen molar-refractivity contribution in [1.29, 1.82) is 0 Å². The third-order valence-corrected chi connectivity index (χ3v) is 2.23. The lowest BCUT2D eigenvalue weighted by Crippen LogP contribution is -2.06. The third-order valence-electron chi connectivity index (χ3n) is 2.23. The summed E-state index contributed by atoms with van der Waals surface area (Å²) in [5.41, 5.74) is 2.16. The number of hydrogen-bond donors (Lipinski definition) is 0. The van der Waals surface area contributed by atoms with Crippen molar-refractivity contribution < 1.29 is 9.47 Å². The molecule has 1 aromatic heterocycles. The molecule has 3 nitrogen and oxygen atoms in total. The molecule has 0 aromatic carbocycles. The molecule has 1 atom stereocenters. The van der Waals surface area contributed by atoms with Crippen molar-refractivity contribution >= 4 is 0 Å². The van der Waals surface area contributed by atoms with E-state index in [-0.39, 0.29) is 0 Å². The maximum Gasteiger partial charge on any atom is 0.141 e. The number of ether oxygens (including phenoxy) is 2. The molecule has 0 unspecified atom stereocenters. The van der Waals surface area contributed by atoms with E-state index < -0.39 is 0 Å². The minimum Gasteiger partial charge on any atom is -0.489 e. The molecule has 3 heteroatoms. The molecule has 0 bridgehead atoms. The first kappa shape index (κ1) is 9.46. The summed E-state index contributed by atoms with van der Waals surface area (Å²) in [6.07, 6.45) is 3.08. The first-order chi connectivity index (χ1) is 6.79. The Labute approximate surface area is 84.1 Å². The van der Waals surface area contributed by atoms with E-state index in [1.807, 2.05) is 19.2 Å². The van der Waals surface area contributed by atoms with Gasteiger partial charge in [0.25, 0.3) is 0 Å². The topological polar surface area (TPSA) is 34.6 Å². The van der Waals surface area contributed by atoms with Crippen molar-refractivity contribution in [2.45, 2.75) is 26.4 Å². The Morgan fingerprint density at radius 2 is 2.43 bits per heavy atom. The third kappa shape index (κ3) is 2.23. The monoisotopic (exact) mass is 193 g/mol. The van der Waals surface area contributed by atoms with E-state index in [1.165, 1.54) is 0 Å². The number of aryl methyl sites for hydroxylation is 2. The molecular formula is C11H15NO2. The Balaban J connectivity index is 2.07. The van der Waals surface area contributed by atoms with Crippen LogP contribution in [0.3, 0.4) is 0 Å². The minimum atomic E-state index is 0.306. The molecule has 0 aliphatic carbocycles. The van der Waals surface area contributed by atoms with Gasteiger partial charge < -0.3 is 9.47 Å². The van der Waals surface area contributed by atoms with Gasteiger partial charge in [0.15, 0.2) is 0 Å². The summed E-state index contributed by atoms with van der Waals surface area (Å²) in [4.78, 5) is 4.33. The first-order valence-electron chi connectivity index (χ1n) is 4.99. The molecule has 0 N–H and O–H groups in total. The second kappa shape index (κ2) is 3.96. The lowest BCUT2D eigenvalue weighted by Gasteiger charge is -2.08. The van der Waals surface area contributed by atoms with Crippen molar-refractivity contribution in [3.05, 3.63) is 23.5 Å². The largest absolute Gasteiger partial charge is 0.489 e. The van der Waals surface area contributed by atoms with Gasteiger partial charge in [0, 0.05) is 6.20 Å². The predicted octanol–water partition coefficient (Wildman–Crippen LogP) is 1.73. The Bertz CT molecular complexity index is 321. The Kier molecular flexibility index (Phi) is 2.68. The van der Waals surface area contributed by atoms with Crippen molar-refractivity contribution in [2.24, 2.45) is 0 Å². The van der Waals surface area contributed by atoms with Crippen LogP contribution in [0.2, 0.25) is 0 Å². The van der Waals surface area contributed by atoms with Gasteiger partial charge in [0.2, 0.25) is 0 Å². The second-order valence-corrected chi connectivity index (χ2v) is 3.58. The molecular weight excluding hydrogens is 178 g/mol. The Hall–Kier alpha value is -1.09. The van der Waals surface area contributed by atoms with Crippen LogP contribution in [0.5, 0.6) is 5.75 Å². The summed E-state index contributed by atoms with van der Waals surface area (Å²) < 4.78 is 10.7. The van der Waals surface area contributed by atoms with Gasteiger partial charge in [-0.2, -0.15) is 0 Å². The van der Waals surface area contributed by atoms with E-state index >= 15 is 0 Å². The van der Waals surface area contributed by atoms with Crippen LogP contribution < -0.4 is 4.74 Å². The van der Waals surface area contributed by atoms with E-state index in [0.29, 0.717) is 12.7 Å². The number of rotatable bonds is 4. The van der Waals surface area contributed by atoms with Crippen molar-refractivity contribution in [1.82, 2.24) is 4.98 Å². The van der Waals surface area contributed by atoms with Gasteiger partial charge in [0.1, 0.15) is 18.5 Å². The lowest BCUT2D eigenvalue weighted by molar-refractivity contribution is 0.260. The van der Waals surface area contributed by atoms with E-state index in [4.69, 9.17) is 9.47 Å². The molecule has 1 aliphatic rings. The highest BCUT2D eigenvalue weighted by Gasteiger charge is 2.23. The molecule has 0 radical (unpaired) electrons. The summed E-state index contributed by atoms with van der Waals surface area (Å²) in [6, 6.07) is 2.04. The smallest absolute Gasteiger partial charge is 0.141 e. The minimum absolute atomic E-state index is 0.306. The second-order valence-electron chi connectivity index (χ2n) is 3.58. The molecule has 2 rings (SSSR count). The maximum atomic E-state index is 5.65. The van der Waals surface area contributed by atoms with Crippen molar-refractivity contribution in [3.63, 3.8) is 0 Å². The van der Waals surface area contributed by atoms with Crippen LogP contribution in [0.25, 0.3) is 0 Å². The molecule has 14 heavy (non-hydrogen) atoms. The van der Waals surface area contributed by atoms with Crippen LogP contribution >= 0.6 is 0 Å². The zero-order valence-electron chi connectivity index (χ0n) is 8.62. The number of aromatic nitrogens is 1. The summed E-state index contributed by atoms with van der Waals surface area (Å²) in [5.74, 6) is 0.906. The van der Waals surface area contributed by atoms with Gasteiger partial charge in [0.05, 0.1) is 12.3 Å². The van der Waals surface area contributed by atoms with Gasteiger partial charge >= 0.3 is 0 Å². The Morgan fingerprint density at radius 3 is 3.07 bits per heavy atom. The van der Waals surface area contributed by atoms with Crippen molar-refractivity contribution in [3.8, 4) is 5.75 Å². The molecule has 1 saturated heterocycles. The normalized spacial score (nSPS) is 19.4. The number of nitrogens with zero attached hydrogens (tertiary/aromatic N) is 1. The Morgan fingerprint density at radius 1 is 1.64 bits per heavy atom. The fraction of sp³-hybridized carbons (Fsp3) is 0.545. The van der Waals surface area contributed by atoms with Crippen LogP contribution in [0, 0.1) is 6.92 Å². The fourth-order valence-electron chi connectivity index (χ4n) is 1.31. The lowest BCUT2D eigenvalue weighted by atomic mass is 10.2. The van der Waals surface area contributed by atoms with E-state index in [1.54, 1.807) is 0 Å². The average Bonchev–Trinajstić information content (AvgIpc) is 2.98. The number of hydrogen-bond acceptors (Lipinski definition) is 3. The number of epoxide rings is 1. The van der Waals surface area contributed by atoms with Gasteiger partial charge in [-0.25, -0.2) is 0 Å². The molecule has 0 saturated carbocycles. The summed E-state index contributed by atoms with van der Waals surface area (Å²) in [5, 5.41) is 0. The molecule has 2 heterocycles. The molecule has 1 fully saturated rings. The van der Waals surface area contributed by atoms with Gasteiger partial charge in [-0.1, -0.05) is 6.92 Å². The zero-order valence-corrected chi connectivity index (χ0v) is 8.62. The van der Waals surface area contributed by atoms with E-state index in [0.717, 1.165) is 30.0 Å². The maximum absolute atomic E-state index is 5.65. The van der Waals surface area contributed by atoms with Gasteiger partial charge in [-0.05, 0) is 25.0 Å². The van der Waals surface area contributed by atoms with Gasteiger partial charge in [-0.15, -0.1) is 0 Å². The van der Waals surface area contributed by atoms with Crippen LogP contribution in [0.1, 0.15) is 18.2 Å². The number of pyridine rings is 1. The molecule has 0 spiro atoms. The highest BCUT2D eigenvalue weighted by atomic mass is 16.6. The summed E-state index contributed by atoms with van der Waals surface area (Å²) >= 11 is 0. The van der Waals surface area contributed by atoms with Crippen molar-refractivity contribution in [2.75, 3.05) is 13.2 Å².